The fourth-order valence-electron chi connectivity index (χ4n) is 2.80. The van der Waals surface area contributed by atoms with E-state index in [-0.39, 0.29) is 6.61 Å². The summed E-state index contributed by atoms with van der Waals surface area (Å²) in [4.78, 5) is 0. The summed E-state index contributed by atoms with van der Waals surface area (Å²) in [6.07, 6.45) is 3.17. The summed E-state index contributed by atoms with van der Waals surface area (Å²) in [5, 5.41) is 4.88. The molecule has 0 aromatic heterocycles. The molecule has 1 aliphatic heterocycles. The number of rotatable bonds is 3. The number of ether oxygens (including phenoxy) is 2. The van der Waals surface area contributed by atoms with Gasteiger partial charge in [-0.25, -0.2) is 5.14 Å². The largest absolute Gasteiger partial charge is 0.462 e. The van der Waals surface area contributed by atoms with Crippen molar-refractivity contribution in [3.63, 3.8) is 0 Å². The van der Waals surface area contributed by atoms with E-state index in [2.05, 4.69) is 0 Å². The highest BCUT2D eigenvalue weighted by molar-refractivity contribution is 7.84. The number of hydrogen-bond donors (Lipinski definition) is 1. The fourth-order valence-corrected chi connectivity index (χ4v) is 3.11. The molecule has 1 fully saturated rings. The monoisotopic (exact) mass is 299 g/mol. The minimum absolute atomic E-state index is 0.138. The van der Waals surface area contributed by atoms with Crippen molar-refractivity contribution >= 4 is 10.3 Å². The molecule has 6 nitrogen and oxygen atoms in total. The summed E-state index contributed by atoms with van der Waals surface area (Å²) in [6, 6.07) is 7.43. The number of benzene rings is 1. The summed E-state index contributed by atoms with van der Waals surface area (Å²) >= 11 is 0. The zero-order chi connectivity index (χ0) is 14.2. The molecular formula is C13H17NO5S. The SMILES string of the molecule is NS(=O)(=O)OC[C@@H]1OC2(CCCC2)Oc2ccccc21. The molecule has 0 saturated heterocycles. The van der Waals surface area contributed by atoms with Crippen LogP contribution in [0, 0.1) is 0 Å². The van der Waals surface area contributed by atoms with E-state index in [1.807, 2.05) is 24.3 Å². The maximum atomic E-state index is 11.0. The van der Waals surface area contributed by atoms with E-state index in [0.717, 1.165) is 37.0 Å². The average Bonchev–Trinajstić information content (AvgIpc) is 2.83. The molecule has 0 bridgehead atoms. The number of nitrogens with two attached hydrogens (primary N) is 1. The van der Waals surface area contributed by atoms with E-state index >= 15 is 0 Å². The van der Waals surface area contributed by atoms with Crippen molar-refractivity contribution in [1.82, 2.24) is 0 Å². The zero-order valence-corrected chi connectivity index (χ0v) is 11.8. The van der Waals surface area contributed by atoms with Crippen LogP contribution in [-0.4, -0.2) is 20.8 Å². The Bertz CT molecular complexity index is 595. The van der Waals surface area contributed by atoms with Crippen LogP contribution in [-0.2, 0) is 19.2 Å². The Morgan fingerprint density at radius 1 is 1.30 bits per heavy atom. The summed E-state index contributed by atoms with van der Waals surface area (Å²) in [7, 11) is -3.98. The highest BCUT2D eigenvalue weighted by Crippen LogP contribution is 2.45. The quantitative estimate of drug-likeness (QED) is 0.916. The first-order valence-electron chi connectivity index (χ1n) is 6.60. The number of para-hydroxylation sites is 1. The standard InChI is InChI=1S/C13H17NO5S/c14-20(15,16)17-9-12-10-5-1-2-6-11(10)18-13(19-12)7-3-4-8-13/h1-2,5-6,12H,3-4,7-9H2,(H2,14,15,16)/t12-/m0/s1. The van der Waals surface area contributed by atoms with E-state index in [1.165, 1.54) is 0 Å². The van der Waals surface area contributed by atoms with E-state index in [9.17, 15) is 8.42 Å². The maximum absolute atomic E-state index is 11.0. The minimum Gasteiger partial charge on any atom is -0.462 e. The average molecular weight is 299 g/mol. The van der Waals surface area contributed by atoms with E-state index in [1.54, 1.807) is 0 Å². The Labute approximate surface area is 118 Å². The number of fused-ring (bicyclic) bond motifs is 1. The second kappa shape index (κ2) is 5.00. The first kappa shape index (κ1) is 13.8. The third-order valence-corrected chi connectivity index (χ3v) is 4.13. The first-order valence-corrected chi connectivity index (χ1v) is 8.08. The van der Waals surface area contributed by atoms with Crippen molar-refractivity contribution in [2.24, 2.45) is 5.14 Å². The lowest BCUT2D eigenvalue weighted by Gasteiger charge is -2.39. The van der Waals surface area contributed by atoms with E-state index in [4.69, 9.17) is 18.8 Å². The van der Waals surface area contributed by atoms with Gasteiger partial charge < -0.3 is 9.47 Å². The van der Waals surface area contributed by atoms with Crippen LogP contribution in [0.15, 0.2) is 24.3 Å². The highest BCUT2D eigenvalue weighted by Gasteiger charge is 2.44. The van der Waals surface area contributed by atoms with Crippen molar-refractivity contribution < 1.29 is 22.1 Å². The predicted molar refractivity (Wildman–Crippen MR) is 71.2 cm³/mol. The van der Waals surface area contributed by atoms with Crippen LogP contribution >= 0.6 is 0 Å². The van der Waals surface area contributed by atoms with Crippen LogP contribution in [0.1, 0.15) is 37.4 Å². The summed E-state index contributed by atoms with van der Waals surface area (Å²) < 4.78 is 38.6. The molecule has 1 spiro atoms. The predicted octanol–water partition coefficient (Wildman–Crippen LogP) is 1.63. The molecule has 1 heterocycles. The fraction of sp³-hybridized carbons (Fsp3) is 0.538. The molecule has 7 heteroatoms. The van der Waals surface area contributed by atoms with Gasteiger partial charge in [0, 0.05) is 18.4 Å². The molecule has 1 aliphatic carbocycles. The summed E-state index contributed by atoms with van der Waals surface area (Å²) in [5.74, 6) is 0.0736. The molecule has 20 heavy (non-hydrogen) atoms. The van der Waals surface area contributed by atoms with Gasteiger partial charge in [0.1, 0.15) is 11.9 Å². The van der Waals surface area contributed by atoms with Crippen LogP contribution < -0.4 is 9.88 Å². The van der Waals surface area contributed by atoms with E-state index in [0.29, 0.717) is 0 Å². The molecular weight excluding hydrogens is 282 g/mol. The topological polar surface area (TPSA) is 87.9 Å². The molecule has 1 aromatic carbocycles. The summed E-state index contributed by atoms with van der Waals surface area (Å²) in [5.41, 5.74) is 0.786. The molecule has 1 atom stereocenters. The molecule has 0 amide bonds. The molecule has 1 saturated carbocycles. The Balaban J connectivity index is 1.87. The van der Waals surface area contributed by atoms with Crippen molar-refractivity contribution in [2.45, 2.75) is 37.6 Å². The van der Waals surface area contributed by atoms with Gasteiger partial charge in [-0.15, -0.1) is 0 Å². The first-order chi connectivity index (χ1) is 9.48. The molecule has 110 valence electrons. The van der Waals surface area contributed by atoms with Gasteiger partial charge >= 0.3 is 10.3 Å². The van der Waals surface area contributed by atoms with Gasteiger partial charge in [0.25, 0.3) is 0 Å². The van der Waals surface area contributed by atoms with Gasteiger partial charge in [-0.2, -0.15) is 8.42 Å². The third kappa shape index (κ3) is 2.80. The zero-order valence-electron chi connectivity index (χ0n) is 10.9. The van der Waals surface area contributed by atoms with Crippen molar-refractivity contribution in [3.8, 4) is 5.75 Å². The molecule has 3 rings (SSSR count). The van der Waals surface area contributed by atoms with Crippen molar-refractivity contribution in [2.75, 3.05) is 6.61 Å². The van der Waals surface area contributed by atoms with Crippen LogP contribution in [0.5, 0.6) is 5.75 Å². The second-order valence-corrected chi connectivity index (χ2v) is 6.36. The van der Waals surface area contributed by atoms with Gasteiger partial charge in [-0.3, -0.25) is 4.18 Å². The number of hydrogen-bond acceptors (Lipinski definition) is 5. The van der Waals surface area contributed by atoms with Crippen LogP contribution in [0.25, 0.3) is 0 Å². The molecule has 2 aliphatic rings. The molecule has 0 unspecified atom stereocenters. The normalized spacial score (nSPS) is 24.4. The lowest BCUT2D eigenvalue weighted by molar-refractivity contribution is -0.230. The Kier molecular flexibility index (Phi) is 3.45. The van der Waals surface area contributed by atoms with Crippen LogP contribution in [0.4, 0.5) is 0 Å². The van der Waals surface area contributed by atoms with Gasteiger partial charge in [-0.05, 0) is 18.9 Å². The van der Waals surface area contributed by atoms with Crippen LogP contribution in [0.2, 0.25) is 0 Å². The van der Waals surface area contributed by atoms with Crippen molar-refractivity contribution in [1.29, 1.82) is 0 Å². The minimum atomic E-state index is -3.98. The van der Waals surface area contributed by atoms with Crippen LogP contribution in [0.3, 0.4) is 0 Å². The lowest BCUT2D eigenvalue weighted by atomic mass is 10.1. The Morgan fingerprint density at radius 3 is 2.70 bits per heavy atom. The van der Waals surface area contributed by atoms with Crippen molar-refractivity contribution in [3.05, 3.63) is 29.8 Å². The molecule has 0 radical (unpaired) electrons. The van der Waals surface area contributed by atoms with Gasteiger partial charge in [0.2, 0.25) is 5.79 Å². The van der Waals surface area contributed by atoms with Gasteiger partial charge in [0.05, 0.1) is 6.61 Å². The Morgan fingerprint density at radius 2 is 2.00 bits per heavy atom. The highest BCUT2D eigenvalue weighted by atomic mass is 32.2. The molecule has 1 aromatic rings. The summed E-state index contributed by atoms with van der Waals surface area (Å²) in [6.45, 7) is -0.138. The molecule has 2 N–H and O–H groups in total. The third-order valence-electron chi connectivity index (χ3n) is 3.67. The van der Waals surface area contributed by atoms with E-state index < -0.39 is 22.2 Å². The lowest BCUT2D eigenvalue weighted by Crippen LogP contribution is -2.42. The maximum Gasteiger partial charge on any atom is 0.333 e. The smallest absolute Gasteiger partial charge is 0.333 e. The van der Waals surface area contributed by atoms with Gasteiger partial charge in [-0.1, -0.05) is 18.2 Å². The van der Waals surface area contributed by atoms with Gasteiger partial charge in [0.15, 0.2) is 0 Å². The Hall–Kier alpha value is -1.15. The second-order valence-electron chi connectivity index (χ2n) is 5.14.